The van der Waals surface area contributed by atoms with Crippen LogP contribution in [0.25, 0.3) is 0 Å². The third-order valence-corrected chi connectivity index (χ3v) is 2.84. The molecule has 1 aromatic carbocycles. The van der Waals surface area contributed by atoms with Gasteiger partial charge in [-0.1, -0.05) is 23.2 Å². The molecule has 18 heavy (non-hydrogen) atoms. The van der Waals surface area contributed by atoms with Crippen LogP contribution in [0.5, 0.6) is 0 Å². The molecule has 0 aliphatic heterocycles. The van der Waals surface area contributed by atoms with E-state index in [1.165, 1.54) is 12.4 Å². The Kier molecular flexibility index (Phi) is 4.17. The van der Waals surface area contributed by atoms with Gasteiger partial charge in [0.1, 0.15) is 12.2 Å². The number of nitrogens with one attached hydrogen (secondary N) is 2. The first-order valence-corrected chi connectivity index (χ1v) is 6.00. The van der Waals surface area contributed by atoms with E-state index in [9.17, 15) is 4.79 Å². The first-order chi connectivity index (χ1) is 8.66. The van der Waals surface area contributed by atoms with Gasteiger partial charge in [0.15, 0.2) is 0 Å². The third kappa shape index (κ3) is 3.21. The van der Waals surface area contributed by atoms with Gasteiger partial charge in [-0.15, -0.1) is 0 Å². The Morgan fingerprint density at radius 1 is 1.39 bits per heavy atom. The second kappa shape index (κ2) is 5.84. The molecule has 0 saturated carbocycles. The normalized spacial score (nSPS) is 10.3. The maximum atomic E-state index is 11.8. The number of nitrogens with zero attached hydrogens (tertiary/aromatic N) is 2. The lowest BCUT2D eigenvalue weighted by Crippen LogP contribution is -2.26. The van der Waals surface area contributed by atoms with Gasteiger partial charge in [-0.2, -0.15) is 5.10 Å². The van der Waals surface area contributed by atoms with Gasteiger partial charge in [-0.25, -0.2) is 4.98 Å². The number of carbonyl (C=O) groups excluding carboxylic acids is 1. The molecule has 1 heterocycles. The van der Waals surface area contributed by atoms with E-state index in [2.05, 4.69) is 20.5 Å². The van der Waals surface area contributed by atoms with Crippen LogP contribution in [0.3, 0.4) is 0 Å². The Hall–Kier alpha value is -1.59. The molecule has 0 atom stereocenters. The van der Waals surface area contributed by atoms with Gasteiger partial charge in [-0.05, 0) is 18.2 Å². The lowest BCUT2D eigenvalue weighted by Gasteiger charge is -2.06. The molecule has 0 spiro atoms. The summed E-state index contributed by atoms with van der Waals surface area (Å²) in [4.78, 5) is 15.8. The summed E-state index contributed by atoms with van der Waals surface area (Å²) in [6.07, 6.45) is 2.00. The van der Waals surface area contributed by atoms with E-state index < -0.39 is 0 Å². The predicted octanol–water partition coefficient (Wildman–Crippen LogP) is 2.08. The van der Waals surface area contributed by atoms with Gasteiger partial charge in [0.2, 0.25) is 0 Å². The number of hydrogen-bond acceptors (Lipinski definition) is 3. The molecule has 2 N–H and O–H groups in total. The molecule has 0 fully saturated rings. The Labute approximate surface area is 114 Å². The smallest absolute Gasteiger partial charge is 0.252 e. The highest BCUT2D eigenvalue weighted by Gasteiger charge is 2.10. The number of benzene rings is 1. The predicted molar refractivity (Wildman–Crippen MR) is 68.9 cm³/mol. The average Bonchev–Trinajstić information content (AvgIpc) is 2.81. The van der Waals surface area contributed by atoms with Gasteiger partial charge in [-0.3, -0.25) is 9.89 Å². The summed E-state index contributed by atoms with van der Waals surface area (Å²) in [5, 5.41) is 10.0. The minimum atomic E-state index is -0.240. The molecular weight excluding hydrogens is 275 g/mol. The highest BCUT2D eigenvalue weighted by molar-refractivity contribution is 6.36. The van der Waals surface area contributed by atoms with Crippen LogP contribution in [-0.2, 0) is 6.42 Å². The second-order valence-corrected chi connectivity index (χ2v) is 4.41. The fourth-order valence-electron chi connectivity index (χ4n) is 1.41. The monoisotopic (exact) mass is 284 g/mol. The summed E-state index contributed by atoms with van der Waals surface area (Å²) in [5.74, 6) is 0.480. The van der Waals surface area contributed by atoms with Crippen molar-refractivity contribution in [3.05, 3.63) is 46.0 Å². The van der Waals surface area contributed by atoms with Crippen molar-refractivity contribution in [3.63, 3.8) is 0 Å². The molecule has 7 heteroatoms. The van der Waals surface area contributed by atoms with Crippen molar-refractivity contribution >= 4 is 29.1 Å². The van der Waals surface area contributed by atoms with Crippen LogP contribution < -0.4 is 5.32 Å². The number of rotatable bonds is 4. The standard InChI is InChI=1S/C11H10Cl2N4O/c12-7-1-2-8(9(13)5-7)11(18)14-4-3-10-15-6-16-17-10/h1-2,5-6H,3-4H2,(H,14,18)(H,15,16,17). The number of halogens is 2. The van der Waals surface area contributed by atoms with Gasteiger partial charge in [0.25, 0.3) is 5.91 Å². The minimum absolute atomic E-state index is 0.240. The van der Waals surface area contributed by atoms with Crippen LogP contribution in [0, 0.1) is 0 Å². The first kappa shape index (κ1) is 12.9. The minimum Gasteiger partial charge on any atom is -0.352 e. The van der Waals surface area contributed by atoms with Crippen LogP contribution in [-0.4, -0.2) is 27.6 Å². The zero-order valence-electron chi connectivity index (χ0n) is 9.28. The molecule has 2 rings (SSSR count). The highest BCUT2D eigenvalue weighted by atomic mass is 35.5. The Morgan fingerprint density at radius 2 is 2.22 bits per heavy atom. The fourth-order valence-corrected chi connectivity index (χ4v) is 1.91. The fraction of sp³-hybridized carbons (Fsp3) is 0.182. The molecule has 1 amide bonds. The van der Waals surface area contributed by atoms with Crippen molar-refractivity contribution in [3.8, 4) is 0 Å². The lowest BCUT2D eigenvalue weighted by atomic mass is 10.2. The Morgan fingerprint density at radius 3 is 2.89 bits per heavy atom. The summed E-state index contributed by atoms with van der Waals surface area (Å²) in [6, 6.07) is 4.75. The molecule has 2 aromatic rings. The van der Waals surface area contributed by atoms with Gasteiger partial charge < -0.3 is 5.32 Å². The van der Waals surface area contributed by atoms with Crippen LogP contribution in [0.4, 0.5) is 0 Å². The lowest BCUT2D eigenvalue weighted by molar-refractivity contribution is 0.0954. The summed E-state index contributed by atoms with van der Waals surface area (Å²) >= 11 is 11.7. The molecule has 0 saturated heterocycles. The molecule has 94 valence electrons. The largest absolute Gasteiger partial charge is 0.352 e. The van der Waals surface area contributed by atoms with Crippen molar-refractivity contribution in [2.24, 2.45) is 0 Å². The zero-order chi connectivity index (χ0) is 13.0. The summed E-state index contributed by atoms with van der Waals surface area (Å²) in [6.45, 7) is 0.451. The molecule has 0 radical (unpaired) electrons. The van der Waals surface area contributed by atoms with Crippen LogP contribution in [0.1, 0.15) is 16.2 Å². The highest BCUT2D eigenvalue weighted by Crippen LogP contribution is 2.20. The van der Waals surface area contributed by atoms with Crippen molar-refractivity contribution in [2.75, 3.05) is 6.54 Å². The van der Waals surface area contributed by atoms with E-state index in [1.54, 1.807) is 12.1 Å². The summed E-state index contributed by atoms with van der Waals surface area (Å²) in [5.41, 5.74) is 0.402. The third-order valence-electron chi connectivity index (χ3n) is 2.29. The van der Waals surface area contributed by atoms with Crippen LogP contribution in [0.2, 0.25) is 10.0 Å². The van der Waals surface area contributed by atoms with E-state index in [0.29, 0.717) is 28.6 Å². The van der Waals surface area contributed by atoms with E-state index in [-0.39, 0.29) is 5.91 Å². The van der Waals surface area contributed by atoms with Crippen LogP contribution in [0.15, 0.2) is 24.5 Å². The molecule has 0 aliphatic carbocycles. The summed E-state index contributed by atoms with van der Waals surface area (Å²) in [7, 11) is 0. The number of H-pyrrole nitrogens is 1. The number of amides is 1. The maximum absolute atomic E-state index is 11.8. The van der Waals surface area contributed by atoms with E-state index in [1.807, 2.05) is 0 Å². The molecular formula is C11H10Cl2N4O. The first-order valence-electron chi connectivity index (χ1n) is 5.24. The number of aromatic nitrogens is 3. The molecule has 0 bridgehead atoms. The Bertz CT molecular complexity index is 542. The number of aromatic amines is 1. The van der Waals surface area contributed by atoms with Crippen molar-refractivity contribution in [2.45, 2.75) is 6.42 Å². The van der Waals surface area contributed by atoms with E-state index >= 15 is 0 Å². The zero-order valence-corrected chi connectivity index (χ0v) is 10.8. The Balaban J connectivity index is 1.91. The number of carbonyl (C=O) groups is 1. The van der Waals surface area contributed by atoms with Crippen molar-refractivity contribution < 1.29 is 4.79 Å². The van der Waals surface area contributed by atoms with Gasteiger partial charge >= 0.3 is 0 Å². The van der Waals surface area contributed by atoms with Crippen molar-refractivity contribution in [1.29, 1.82) is 0 Å². The average molecular weight is 285 g/mol. The maximum Gasteiger partial charge on any atom is 0.252 e. The van der Waals surface area contributed by atoms with E-state index in [0.717, 1.165) is 5.82 Å². The summed E-state index contributed by atoms with van der Waals surface area (Å²) < 4.78 is 0. The molecule has 5 nitrogen and oxygen atoms in total. The van der Waals surface area contributed by atoms with Gasteiger partial charge in [0, 0.05) is 18.0 Å². The second-order valence-electron chi connectivity index (χ2n) is 3.56. The number of hydrogen-bond donors (Lipinski definition) is 2. The van der Waals surface area contributed by atoms with Crippen LogP contribution >= 0.6 is 23.2 Å². The van der Waals surface area contributed by atoms with E-state index in [4.69, 9.17) is 23.2 Å². The topological polar surface area (TPSA) is 70.7 Å². The molecule has 1 aromatic heterocycles. The molecule has 0 aliphatic rings. The molecule has 0 unspecified atom stereocenters. The van der Waals surface area contributed by atoms with Gasteiger partial charge in [0.05, 0.1) is 10.6 Å². The van der Waals surface area contributed by atoms with Crippen molar-refractivity contribution in [1.82, 2.24) is 20.5 Å². The SMILES string of the molecule is O=C(NCCc1ncn[nH]1)c1ccc(Cl)cc1Cl. The quantitative estimate of drug-likeness (QED) is 0.903.